The summed E-state index contributed by atoms with van der Waals surface area (Å²) < 4.78 is 4.67. The SMILES string of the molecule is Cn1c(-c2cc(C(C)(C)C)cc(C(C)(C)C)c2)[n+](C)c2c3cccnc3c3ncccc3c21. The normalized spacial score (nSPS) is 12.8. The van der Waals surface area contributed by atoms with E-state index < -0.39 is 0 Å². The van der Waals surface area contributed by atoms with Gasteiger partial charge in [0.15, 0.2) is 11.0 Å². The number of hydrogen-bond donors (Lipinski definition) is 0. The van der Waals surface area contributed by atoms with Crippen molar-refractivity contribution >= 4 is 32.8 Å². The quantitative estimate of drug-likeness (QED) is 0.226. The Morgan fingerprint density at radius 3 is 1.82 bits per heavy atom. The van der Waals surface area contributed by atoms with E-state index in [-0.39, 0.29) is 10.8 Å². The van der Waals surface area contributed by atoms with Crippen LogP contribution in [0.25, 0.3) is 44.2 Å². The van der Waals surface area contributed by atoms with Crippen LogP contribution in [0.5, 0.6) is 0 Å². The van der Waals surface area contributed by atoms with Gasteiger partial charge >= 0.3 is 0 Å². The van der Waals surface area contributed by atoms with Crippen LogP contribution in [0.3, 0.4) is 0 Å². The molecule has 5 rings (SSSR count). The van der Waals surface area contributed by atoms with E-state index in [0.29, 0.717) is 0 Å². The minimum Gasteiger partial charge on any atom is -0.254 e. The van der Waals surface area contributed by atoms with Crippen molar-refractivity contribution in [1.29, 1.82) is 0 Å². The fourth-order valence-corrected chi connectivity index (χ4v) is 4.95. The molecule has 5 aromatic rings. The largest absolute Gasteiger partial charge is 0.289 e. The monoisotopic (exact) mass is 437 g/mol. The van der Waals surface area contributed by atoms with E-state index in [1.165, 1.54) is 33.5 Å². The summed E-state index contributed by atoms with van der Waals surface area (Å²) in [6.45, 7) is 13.7. The maximum atomic E-state index is 4.72. The number of aromatic nitrogens is 4. The molecule has 168 valence electrons. The van der Waals surface area contributed by atoms with Gasteiger partial charge in [-0.15, -0.1) is 0 Å². The third-order valence-electron chi connectivity index (χ3n) is 6.80. The molecule has 0 atom stereocenters. The molecule has 0 saturated carbocycles. The highest BCUT2D eigenvalue weighted by molar-refractivity contribution is 6.20. The number of imidazole rings is 1. The summed E-state index contributed by atoms with van der Waals surface area (Å²) in [5, 5.41) is 2.26. The zero-order valence-electron chi connectivity index (χ0n) is 21.0. The molecular weight excluding hydrogens is 404 g/mol. The van der Waals surface area contributed by atoms with Gasteiger partial charge in [-0.25, -0.2) is 9.13 Å². The van der Waals surface area contributed by atoms with Crippen molar-refractivity contribution in [1.82, 2.24) is 14.5 Å². The molecule has 0 saturated heterocycles. The number of pyridine rings is 2. The van der Waals surface area contributed by atoms with Crippen LogP contribution < -0.4 is 4.57 Å². The van der Waals surface area contributed by atoms with Gasteiger partial charge in [-0.1, -0.05) is 47.6 Å². The molecule has 0 fully saturated rings. The molecule has 0 radical (unpaired) electrons. The molecule has 2 aromatic carbocycles. The minimum atomic E-state index is 0.0619. The van der Waals surface area contributed by atoms with Crippen molar-refractivity contribution in [3.8, 4) is 11.4 Å². The van der Waals surface area contributed by atoms with E-state index in [1.807, 2.05) is 24.5 Å². The number of rotatable bonds is 1. The molecule has 0 amide bonds. The fourth-order valence-electron chi connectivity index (χ4n) is 4.95. The van der Waals surface area contributed by atoms with Gasteiger partial charge in [0.2, 0.25) is 0 Å². The summed E-state index contributed by atoms with van der Waals surface area (Å²) in [6, 6.07) is 15.5. The highest BCUT2D eigenvalue weighted by Crippen LogP contribution is 2.37. The first-order valence-corrected chi connectivity index (χ1v) is 11.6. The number of fused-ring (bicyclic) bond motifs is 6. The Morgan fingerprint density at radius 2 is 1.27 bits per heavy atom. The molecule has 0 unspecified atom stereocenters. The first-order chi connectivity index (χ1) is 15.5. The standard InChI is InChI=1S/C29H33N4/c1-28(2,3)19-15-18(16-20(17-19)29(4,5)6)27-32(7)25-21-11-9-13-30-23(21)24-22(12-10-14-31-24)26(25)33(27)8/h9-17H,1-8H3/q+1. The van der Waals surface area contributed by atoms with Crippen LogP contribution in [-0.4, -0.2) is 14.5 Å². The lowest BCUT2D eigenvalue weighted by Crippen LogP contribution is -2.30. The highest BCUT2D eigenvalue weighted by atomic mass is 15.1. The summed E-state index contributed by atoms with van der Waals surface area (Å²) >= 11 is 0. The molecule has 4 heteroatoms. The lowest BCUT2D eigenvalue weighted by molar-refractivity contribution is -0.633. The summed E-state index contributed by atoms with van der Waals surface area (Å²) in [5.74, 6) is 1.18. The van der Waals surface area contributed by atoms with Gasteiger partial charge in [-0.3, -0.25) is 9.97 Å². The van der Waals surface area contributed by atoms with Gasteiger partial charge in [0.05, 0.1) is 30.4 Å². The molecule has 0 bridgehead atoms. The van der Waals surface area contributed by atoms with Crippen LogP contribution in [0.4, 0.5) is 0 Å². The molecule has 0 aliphatic heterocycles. The molecule has 0 aliphatic rings. The first-order valence-electron chi connectivity index (χ1n) is 11.6. The van der Waals surface area contributed by atoms with E-state index in [4.69, 9.17) is 9.97 Å². The van der Waals surface area contributed by atoms with Gasteiger partial charge in [0.1, 0.15) is 11.0 Å². The van der Waals surface area contributed by atoms with E-state index in [1.54, 1.807) is 0 Å². The second-order valence-corrected chi connectivity index (χ2v) is 11.2. The lowest BCUT2D eigenvalue weighted by Gasteiger charge is -2.25. The lowest BCUT2D eigenvalue weighted by atomic mass is 9.79. The maximum Gasteiger partial charge on any atom is 0.289 e. The van der Waals surface area contributed by atoms with Crippen molar-refractivity contribution in [3.63, 3.8) is 0 Å². The molecule has 3 aromatic heterocycles. The minimum absolute atomic E-state index is 0.0619. The molecule has 33 heavy (non-hydrogen) atoms. The van der Waals surface area contributed by atoms with E-state index >= 15 is 0 Å². The zero-order chi connectivity index (χ0) is 23.7. The Morgan fingerprint density at radius 1 is 0.758 bits per heavy atom. The molecular formula is C29H33N4+. The molecule has 0 spiro atoms. The maximum absolute atomic E-state index is 4.72. The van der Waals surface area contributed by atoms with E-state index in [2.05, 4.69) is 95.1 Å². The Labute approximate surface area is 195 Å². The average Bonchev–Trinajstić information content (AvgIpc) is 3.03. The van der Waals surface area contributed by atoms with Gasteiger partial charge in [0.25, 0.3) is 5.82 Å². The van der Waals surface area contributed by atoms with Crippen molar-refractivity contribution in [2.24, 2.45) is 14.1 Å². The summed E-state index contributed by atoms with van der Waals surface area (Å²) in [7, 11) is 4.35. The second kappa shape index (κ2) is 7.11. The van der Waals surface area contributed by atoms with Crippen LogP contribution in [-0.2, 0) is 24.9 Å². The number of hydrogen-bond acceptors (Lipinski definition) is 2. The first kappa shape index (κ1) is 21.6. The Hall–Kier alpha value is -3.27. The number of nitrogens with zero attached hydrogens (tertiary/aromatic N) is 4. The van der Waals surface area contributed by atoms with Gasteiger partial charge in [-0.2, -0.15) is 0 Å². The Kier molecular flexibility index (Phi) is 4.65. The van der Waals surface area contributed by atoms with Crippen molar-refractivity contribution in [3.05, 3.63) is 66.0 Å². The molecule has 4 nitrogen and oxygen atoms in total. The fraction of sp³-hybridized carbons (Fsp3) is 0.345. The van der Waals surface area contributed by atoms with Gasteiger partial charge in [0, 0.05) is 12.4 Å². The highest BCUT2D eigenvalue weighted by Gasteiger charge is 2.29. The third kappa shape index (κ3) is 3.31. The van der Waals surface area contributed by atoms with Crippen molar-refractivity contribution in [2.45, 2.75) is 52.4 Å². The Bertz CT molecular complexity index is 1430. The van der Waals surface area contributed by atoms with Crippen molar-refractivity contribution < 1.29 is 4.57 Å². The predicted octanol–water partition coefficient (Wildman–Crippen LogP) is 6.36. The van der Waals surface area contributed by atoms with E-state index in [0.717, 1.165) is 21.8 Å². The summed E-state index contributed by atoms with van der Waals surface area (Å²) in [5.41, 5.74) is 8.35. The topological polar surface area (TPSA) is 34.6 Å². The molecule has 0 aliphatic carbocycles. The molecule has 3 heterocycles. The second-order valence-electron chi connectivity index (χ2n) is 11.2. The van der Waals surface area contributed by atoms with Crippen LogP contribution >= 0.6 is 0 Å². The van der Waals surface area contributed by atoms with Gasteiger partial charge < -0.3 is 0 Å². The third-order valence-corrected chi connectivity index (χ3v) is 6.80. The summed E-state index contributed by atoms with van der Waals surface area (Å²) in [4.78, 5) is 9.44. The van der Waals surface area contributed by atoms with Crippen LogP contribution in [0.15, 0.2) is 54.9 Å². The number of aryl methyl sites for hydroxylation is 2. The number of benzene rings is 2. The van der Waals surface area contributed by atoms with Crippen LogP contribution in [0, 0.1) is 0 Å². The summed E-state index contributed by atoms with van der Waals surface area (Å²) in [6.07, 6.45) is 3.71. The van der Waals surface area contributed by atoms with Crippen molar-refractivity contribution in [2.75, 3.05) is 0 Å². The predicted molar refractivity (Wildman–Crippen MR) is 138 cm³/mol. The van der Waals surface area contributed by atoms with Crippen LogP contribution in [0.1, 0.15) is 52.7 Å². The van der Waals surface area contributed by atoms with Gasteiger partial charge in [-0.05, 0) is 58.4 Å². The smallest absolute Gasteiger partial charge is 0.254 e. The van der Waals surface area contributed by atoms with Crippen LogP contribution in [0.2, 0.25) is 0 Å². The average molecular weight is 438 g/mol. The molecule has 0 N–H and O–H groups in total. The zero-order valence-corrected chi connectivity index (χ0v) is 21.0. The van der Waals surface area contributed by atoms with E-state index in [9.17, 15) is 0 Å². The Balaban J connectivity index is 1.96.